The molecule has 0 radical (unpaired) electrons. The summed E-state index contributed by atoms with van der Waals surface area (Å²) in [6.45, 7) is 0.708. The van der Waals surface area contributed by atoms with E-state index in [1.165, 1.54) is 24.3 Å². The number of hydrogen-bond acceptors (Lipinski definition) is 2. The minimum Gasteiger partial charge on any atom is -0.481 e. The van der Waals surface area contributed by atoms with Gasteiger partial charge in [-0.2, -0.15) is 8.78 Å². The zero-order chi connectivity index (χ0) is 13.8. The minimum atomic E-state index is -2.88. The molecule has 0 amide bonds. The van der Waals surface area contributed by atoms with Crippen LogP contribution in [-0.2, 0) is 10.2 Å². The average Bonchev–Trinajstić information content (AvgIpc) is 2.32. The van der Waals surface area contributed by atoms with Crippen molar-refractivity contribution in [2.24, 2.45) is 0 Å². The summed E-state index contributed by atoms with van der Waals surface area (Å²) in [6.07, 6.45) is 0.877. The van der Waals surface area contributed by atoms with E-state index < -0.39 is 18.0 Å². The van der Waals surface area contributed by atoms with E-state index in [1.807, 2.05) is 0 Å². The quantitative estimate of drug-likeness (QED) is 0.850. The molecule has 1 rings (SSSR count). The molecule has 3 nitrogen and oxygen atoms in total. The van der Waals surface area contributed by atoms with Gasteiger partial charge >= 0.3 is 12.6 Å². The van der Waals surface area contributed by atoms with Crippen LogP contribution in [0.3, 0.4) is 0 Å². The molecule has 0 aliphatic heterocycles. The van der Waals surface area contributed by atoms with Crippen molar-refractivity contribution < 1.29 is 23.4 Å². The minimum absolute atomic E-state index is 0.0280. The molecule has 0 aliphatic carbocycles. The van der Waals surface area contributed by atoms with E-state index in [0.717, 1.165) is 0 Å². The van der Waals surface area contributed by atoms with Crippen LogP contribution in [0, 0.1) is 0 Å². The Balaban J connectivity index is 3.05. The normalized spacial score (nSPS) is 11.6. The van der Waals surface area contributed by atoms with Gasteiger partial charge in [-0.25, -0.2) is 0 Å². The highest BCUT2D eigenvalue weighted by atomic mass is 19.3. The Labute approximate surface area is 104 Å². The summed E-state index contributed by atoms with van der Waals surface area (Å²) >= 11 is 0. The van der Waals surface area contributed by atoms with Crippen LogP contribution in [0.1, 0.15) is 32.3 Å². The molecule has 0 bridgehead atoms. The molecule has 5 heteroatoms. The van der Waals surface area contributed by atoms with Gasteiger partial charge in [-0.15, -0.1) is 0 Å². The molecular weight excluding hydrogens is 242 g/mol. The first kappa shape index (κ1) is 14.4. The monoisotopic (exact) mass is 258 g/mol. The van der Waals surface area contributed by atoms with Gasteiger partial charge in [0, 0.05) is 0 Å². The number of ether oxygens (including phenoxy) is 1. The third kappa shape index (κ3) is 2.78. The van der Waals surface area contributed by atoms with Crippen LogP contribution >= 0.6 is 0 Å². The van der Waals surface area contributed by atoms with Crippen molar-refractivity contribution in [2.45, 2.75) is 38.7 Å². The summed E-state index contributed by atoms with van der Waals surface area (Å²) in [6, 6.07) is 5.78. The molecule has 1 aromatic rings. The van der Waals surface area contributed by atoms with E-state index in [-0.39, 0.29) is 5.75 Å². The molecule has 1 N–H and O–H groups in total. The van der Waals surface area contributed by atoms with Gasteiger partial charge in [0.2, 0.25) is 0 Å². The highest BCUT2D eigenvalue weighted by Gasteiger charge is 2.36. The first-order chi connectivity index (χ1) is 8.46. The van der Waals surface area contributed by atoms with E-state index in [9.17, 15) is 18.7 Å². The fraction of sp³-hybridized carbons (Fsp3) is 0.462. The first-order valence-corrected chi connectivity index (χ1v) is 5.75. The molecule has 0 heterocycles. The maximum Gasteiger partial charge on any atom is 0.387 e. The Hall–Kier alpha value is -1.65. The van der Waals surface area contributed by atoms with Crippen LogP contribution in [0.4, 0.5) is 8.78 Å². The van der Waals surface area contributed by atoms with Gasteiger partial charge in [-0.05, 0) is 30.5 Å². The van der Waals surface area contributed by atoms with Gasteiger partial charge in [0.25, 0.3) is 0 Å². The van der Waals surface area contributed by atoms with Gasteiger partial charge in [-0.1, -0.05) is 26.0 Å². The standard InChI is InChI=1S/C13H16F2O3/c1-3-13(4-2,11(16)17)9-5-7-10(8-6-9)18-12(14)15/h5-8,12H,3-4H2,1-2H3,(H,16,17). The molecule has 1 aromatic carbocycles. The van der Waals surface area contributed by atoms with Gasteiger partial charge in [0.05, 0.1) is 5.41 Å². The smallest absolute Gasteiger partial charge is 0.387 e. The third-order valence-corrected chi connectivity index (χ3v) is 3.25. The van der Waals surface area contributed by atoms with Crippen LogP contribution < -0.4 is 4.74 Å². The maximum absolute atomic E-state index is 12.0. The van der Waals surface area contributed by atoms with E-state index >= 15 is 0 Å². The van der Waals surface area contributed by atoms with Crippen molar-refractivity contribution in [2.75, 3.05) is 0 Å². The lowest BCUT2D eigenvalue weighted by Crippen LogP contribution is -2.34. The van der Waals surface area contributed by atoms with Crippen molar-refractivity contribution in [3.63, 3.8) is 0 Å². The zero-order valence-corrected chi connectivity index (χ0v) is 10.3. The van der Waals surface area contributed by atoms with E-state index in [2.05, 4.69) is 4.74 Å². The molecule has 0 saturated carbocycles. The van der Waals surface area contributed by atoms with Crippen LogP contribution in [0.5, 0.6) is 5.75 Å². The van der Waals surface area contributed by atoms with Crippen molar-refractivity contribution in [1.29, 1.82) is 0 Å². The Bertz CT molecular complexity index is 397. The van der Waals surface area contributed by atoms with Crippen LogP contribution in [0.2, 0.25) is 0 Å². The number of carboxylic acids is 1. The highest BCUT2D eigenvalue weighted by molar-refractivity contribution is 5.81. The second-order valence-electron chi connectivity index (χ2n) is 4.00. The summed E-state index contributed by atoms with van der Waals surface area (Å²) in [4.78, 5) is 11.4. The average molecular weight is 258 g/mol. The molecule has 0 fully saturated rings. The van der Waals surface area contributed by atoms with Crippen molar-refractivity contribution >= 4 is 5.97 Å². The molecule has 0 saturated heterocycles. The topological polar surface area (TPSA) is 46.5 Å². The third-order valence-electron chi connectivity index (χ3n) is 3.25. The number of hydrogen-bond donors (Lipinski definition) is 1. The Morgan fingerprint density at radius 2 is 1.78 bits per heavy atom. The van der Waals surface area contributed by atoms with Crippen molar-refractivity contribution in [3.05, 3.63) is 29.8 Å². The Morgan fingerprint density at radius 1 is 1.28 bits per heavy atom. The summed E-state index contributed by atoms with van der Waals surface area (Å²) < 4.78 is 28.2. The largest absolute Gasteiger partial charge is 0.481 e. The van der Waals surface area contributed by atoms with Gasteiger partial charge in [0.1, 0.15) is 5.75 Å². The summed E-state index contributed by atoms with van der Waals surface area (Å²) in [5.74, 6) is -0.879. The molecule has 100 valence electrons. The van der Waals surface area contributed by atoms with Crippen LogP contribution in [0.25, 0.3) is 0 Å². The molecule has 0 atom stereocenters. The predicted molar refractivity (Wildman–Crippen MR) is 63.0 cm³/mol. The summed E-state index contributed by atoms with van der Waals surface area (Å²) in [5.41, 5.74) is -0.370. The van der Waals surface area contributed by atoms with Gasteiger partial charge < -0.3 is 9.84 Å². The second kappa shape index (κ2) is 5.80. The number of aliphatic carboxylic acids is 1. The number of halogens is 2. The Kier molecular flexibility index (Phi) is 4.64. The number of benzene rings is 1. The Morgan fingerprint density at radius 3 is 2.11 bits per heavy atom. The van der Waals surface area contributed by atoms with Crippen LogP contribution in [0.15, 0.2) is 24.3 Å². The highest BCUT2D eigenvalue weighted by Crippen LogP contribution is 2.33. The number of carbonyl (C=O) groups is 1. The molecule has 18 heavy (non-hydrogen) atoms. The van der Waals surface area contributed by atoms with E-state index in [0.29, 0.717) is 18.4 Å². The van der Waals surface area contributed by atoms with Gasteiger partial charge in [-0.3, -0.25) is 4.79 Å². The number of alkyl halides is 2. The SMILES string of the molecule is CCC(CC)(C(=O)O)c1ccc(OC(F)F)cc1. The van der Waals surface area contributed by atoms with Crippen molar-refractivity contribution in [3.8, 4) is 5.75 Å². The van der Waals surface area contributed by atoms with E-state index in [4.69, 9.17) is 0 Å². The zero-order valence-electron chi connectivity index (χ0n) is 10.3. The predicted octanol–water partition coefficient (Wildman–Crippen LogP) is 3.43. The molecule has 0 aliphatic rings. The molecule has 0 aromatic heterocycles. The lowest BCUT2D eigenvalue weighted by atomic mass is 9.76. The van der Waals surface area contributed by atoms with Crippen molar-refractivity contribution in [1.82, 2.24) is 0 Å². The lowest BCUT2D eigenvalue weighted by Gasteiger charge is -2.27. The fourth-order valence-corrected chi connectivity index (χ4v) is 2.04. The summed E-state index contributed by atoms with van der Waals surface area (Å²) in [7, 11) is 0. The van der Waals surface area contributed by atoms with Crippen LogP contribution in [-0.4, -0.2) is 17.7 Å². The van der Waals surface area contributed by atoms with E-state index in [1.54, 1.807) is 13.8 Å². The molecular formula is C13H16F2O3. The first-order valence-electron chi connectivity index (χ1n) is 5.75. The second-order valence-corrected chi connectivity index (χ2v) is 4.00. The maximum atomic E-state index is 12.0. The molecule has 0 unspecified atom stereocenters. The van der Waals surface area contributed by atoms with Gasteiger partial charge in [0.15, 0.2) is 0 Å². The lowest BCUT2D eigenvalue weighted by molar-refractivity contribution is -0.144. The fourth-order valence-electron chi connectivity index (χ4n) is 2.04. The molecule has 0 spiro atoms. The number of rotatable bonds is 6. The summed E-state index contributed by atoms with van der Waals surface area (Å²) in [5, 5.41) is 9.34. The number of carboxylic acid groups (broad SMARTS) is 1.